The highest BCUT2D eigenvalue weighted by molar-refractivity contribution is 6.58. The number of hydrogen-bond donors (Lipinski definition) is 4. The summed E-state index contributed by atoms with van der Waals surface area (Å²) in [6.45, 7) is 4.61. The number of pyridine rings is 2. The average Bonchev–Trinajstić information content (AvgIpc) is 3.14. The summed E-state index contributed by atoms with van der Waals surface area (Å²) in [7, 11) is 0.397. The second-order valence-corrected chi connectivity index (χ2v) is 11.7. The summed E-state index contributed by atoms with van der Waals surface area (Å²) in [6.07, 6.45) is 8.42. The molecule has 0 bridgehead atoms. The molecule has 2 atom stereocenters. The van der Waals surface area contributed by atoms with E-state index in [1.54, 1.807) is 39.0 Å². The Balaban J connectivity index is 1.41. The van der Waals surface area contributed by atoms with Gasteiger partial charge in [0.2, 0.25) is 0 Å². The van der Waals surface area contributed by atoms with Crippen LogP contribution in [0.3, 0.4) is 0 Å². The zero-order chi connectivity index (χ0) is 35.2. The van der Waals surface area contributed by atoms with Crippen LogP contribution in [0.15, 0.2) is 73.3 Å². The van der Waals surface area contributed by atoms with Crippen LogP contribution in [0.4, 0.5) is 0 Å². The second kappa shape index (κ2) is 19.2. The summed E-state index contributed by atoms with van der Waals surface area (Å²) in [5, 5.41) is 42.0. The van der Waals surface area contributed by atoms with Crippen molar-refractivity contribution < 1.29 is 43.8 Å². The molecule has 0 spiro atoms. The van der Waals surface area contributed by atoms with E-state index in [0.717, 1.165) is 35.1 Å². The van der Waals surface area contributed by atoms with Crippen LogP contribution < -0.4 is 18.9 Å². The van der Waals surface area contributed by atoms with Gasteiger partial charge in [-0.15, -0.1) is 0 Å². The highest BCUT2D eigenvalue weighted by atomic mass is 16.5. The first-order valence-electron chi connectivity index (χ1n) is 16.6. The quantitative estimate of drug-likeness (QED) is 0.0913. The molecular formula is C36H46B2N2O9. The fraction of sp³-hybridized carbons (Fsp3) is 0.389. The van der Waals surface area contributed by atoms with Crippen LogP contribution in [0, 0.1) is 0 Å². The Labute approximate surface area is 289 Å². The van der Waals surface area contributed by atoms with Gasteiger partial charge in [0.15, 0.2) is 23.0 Å². The second-order valence-electron chi connectivity index (χ2n) is 11.7. The van der Waals surface area contributed by atoms with Gasteiger partial charge < -0.3 is 43.8 Å². The maximum Gasteiger partial charge on any atom is 0.441 e. The Morgan fingerprint density at radius 3 is 1.39 bits per heavy atom. The lowest BCUT2D eigenvalue weighted by Gasteiger charge is -2.21. The average molecular weight is 672 g/mol. The minimum Gasteiger partial charge on any atom is -0.493 e. The van der Waals surface area contributed by atoms with Crippen molar-refractivity contribution in [1.82, 2.24) is 9.97 Å². The van der Waals surface area contributed by atoms with Gasteiger partial charge in [-0.25, -0.2) is 0 Å². The number of nitrogens with zero attached hydrogens (tertiary/aromatic N) is 2. The van der Waals surface area contributed by atoms with Crippen molar-refractivity contribution in [2.45, 2.75) is 51.2 Å². The lowest BCUT2D eigenvalue weighted by Crippen LogP contribution is -2.32. The van der Waals surface area contributed by atoms with Crippen LogP contribution in [0.1, 0.15) is 49.7 Å². The first-order valence-corrected chi connectivity index (χ1v) is 16.6. The Morgan fingerprint density at radius 1 is 0.592 bits per heavy atom. The van der Waals surface area contributed by atoms with Crippen molar-refractivity contribution in [3.8, 4) is 45.3 Å². The lowest BCUT2D eigenvalue weighted by atomic mass is 9.69. The molecule has 2 aromatic heterocycles. The zero-order valence-corrected chi connectivity index (χ0v) is 28.6. The number of benzene rings is 2. The van der Waals surface area contributed by atoms with Gasteiger partial charge in [-0.3, -0.25) is 9.97 Å². The standard InChI is InChI=1S/C36H46B2N2O9/c1-5-11-47-35-15-25(7-9-33(35)45-3)27-13-29(21-39-19-27)31(23-41)17-37(43)49-38(44)18-32(24-42)30-14-28(20-40-22-30)26-8-10-34(46-4)36(16-26)48-12-6-2/h7-10,13-16,19-22,31-32,41-44H,5-6,11-12,17-18,23-24H2,1-4H3/t31-,32-/m0/s1. The van der Waals surface area contributed by atoms with Gasteiger partial charge in [-0.1, -0.05) is 26.0 Å². The highest BCUT2D eigenvalue weighted by Gasteiger charge is 2.29. The van der Waals surface area contributed by atoms with Crippen LogP contribution in [0.5, 0.6) is 23.0 Å². The van der Waals surface area contributed by atoms with Crippen LogP contribution >= 0.6 is 0 Å². The van der Waals surface area contributed by atoms with Crippen LogP contribution in [-0.2, 0) is 4.57 Å². The largest absolute Gasteiger partial charge is 0.493 e. The molecule has 0 unspecified atom stereocenters. The van der Waals surface area contributed by atoms with Crippen LogP contribution in [-0.4, -0.2) is 85.1 Å². The van der Waals surface area contributed by atoms with Gasteiger partial charge >= 0.3 is 14.2 Å². The zero-order valence-electron chi connectivity index (χ0n) is 28.6. The monoisotopic (exact) mass is 672 g/mol. The lowest BCUT2D eigenvalue weighted by molar-refractivity contribution is 0.257. The minimum atomic E-state index is -1.39. The molecular weight excluding hydrogens is 626 g/mol. The minimum absolute atomic E-state index is 0.00685. The van der Waals surface area contributed by atoms with Crippen LogP contribution in [0.2, 0.25) is 12.6 Å². The first kappa shape index (κ1) is 37.7. The summed E-state index contributed by atoms with van der Waals surface area (Å²) in [4.78, 5) is 8.74. The summed E-state index contributed by atoms with van der Waals surface area (Å²) < 4.78 is 28.1. The Bertz CT molecular complexity index is 1500. The molecule has 2 heterocycles. The molecule has 0 fully saturated rings. The Kier molecular flexibility index (Phi) is 14.7. The molecule has 11 nitrogen and oxygen atoms in total. The van der Waals surface area contributed by atoms with E-state index in [4.69, 9.17) is 23.5 Å². The van der Waals surface area contributed by atoms with Crippen molar-refractivity contribution in [3.05, 3.63) is 84.4 Å². The van der Waals surface area contributed by atoms with Crippen LogP contribution in [0.25, 0.3) is 22.3 Å². The van der Waals surface area contributed by atoms with Crippen molar-refractivity contribution in [2.75, 3.05) is 40.6 Å². The highest BCUT2D eigenvalue weighted by Crippen LogP contribution is 2.35. The van der Waals surface area contributed by atoms with Gasteiger partial charge in [0.05, 0.1) is 27.4 Å². The molecule has 2 aromatic carbocycles. The fourth-order valence-corrected chi connectivity index (χ4v) is 5.45. The molecule has 13 heteroatoms. The van der Waals surface area contributed by atoms with Gasteiger partial charge in [0.1, 0.15) is 0 Å². The van der Waals surface area contributed by atoms with Gasteiger partial charge in [-0.05, 0) is 84.1 Å². The predicted octanol–water partition coefficient (Wildman–Crippen LogP) is 5.24. The number of aliphatic hydroxyl groups excluding tert-OH is 2. The number of hydrogen-bond acceptors (Lipinski definition) is 11. The molecule has 0 aliphatic heterocycles. The third kappa shape index (κ3) is 10.4. The molecule has 0 radical (unpaired) electrons. The smallest absolute Gasteiger partial charge is 0.441 e. The topological polar surface area (TPSA) is 153 Å². The van der Waals surface area contributed by atoms with Gasteiger partial charge in [0.25, 0.3) is 0 Å². The van der Waals surface area contributed by atoms with E-state index in [1.165, 1.54) is 0 Å². The number of methoxy groups -OCH3 is 2. The summed E-state index contributed by atoms with van der Waals surface area (Å²) >= 11 is 0. The van der Waals surface area contributed by atoms with Crippen molar-refractivity contribution in [2.24, 2.45) is 0 Å². The van der Waals surface area contributed by atoms with E-state index < -0.39 is 26.1 Å². The molecule has 49 heavy (non-hydrogen) atoms. The van der Waals surface area contributed by atoms with E-state index in [0.29, 0.717) is 47.3 Å². The molecule has 0 saturated heterocycles. The summed E-state index contributed by atoms with van der Waals surface area (Å²) in [5.41, 5.74) is 4.71. The number of aliphatic hydroxyl groups is 2. The molecule has 4 aromatic rings. The van der Waals surface area contributed by atoms with Crippen molar-refractivity contribution >= 4 is 14.2 Å². The normalized spacial score (nSPS) is 12.2. The van der Waals surface area contributed by atoms with E-state index in [9.17, 15) is 20.3 Å². The Hall–Kier alpha value is -4.13. The van der Waals surface area contributed by atoms with Gasteiger partial charge in [0, 0.05) is 61.0 Å². The third-order valence-electron chi connectivity index (χ3n) is 8.11. The maximum absolute atomic E-state index is 10.8. The van der Waals surface area contributed by atoms with E-state index in [2.05, 4.69) is 9.97 Å². The van der Waals surface area contributed by atoms with E-state index in [-0.39, 0.29) is 25.9 Å². The summed E-state index contributed by atoms with van der Waals surface area (Å²) in [6, 6.07) is 15.0. The molecule has 0 aliphatic carbocycles. The molecule has 0 amide bonds. The number of ether oxygens (including phenoxy) is 4. The van der Waals surface area contributed by atoms with E-state index in [1.807, 2.05) is 62.4 Å². The summed E-state index contributed by atoms with van der Waals surface area (Å²) in [5.74, 6) is 1.47. The SMILES string of the molecule is CCCOc1cc(-c2cncc([C@H](CO)CB(O)OB(O)C[C@@H](CO)c3cncc(-c4ccc(OC)c(OCCC)c4)c3)c2)ccc1OC. The molecule has 4 rings (SSSR count). The molecule has 4 N–H and O–H groups in total. The number of aromatic nitrogens is 2. The number of rotatable bonds is 20. The fourth-order valence-electron chi connectivity index (χ4n) is 5.45. The molecule has 0 aliphatic rings. The van der Waals surface area contributed by atoms with E-state index >= 15 is 0 Å². The van der Waals surface area contributed by atoms with Crippen molar-refractivity contribution in [1.29, 1.82) is 0 Å². The van der Waals surface area contributed by atoms with Gasteiger partial charge in [-0.2, -0.15) is 0 Å². The predicted molar refractivity (Wildman–Crippen MR) is 190 cm³/mol. The van der Waals surface area contributed by atoms with Crippen molar-refractivity contribution in [3.63, 3.8) is 0 Å². The molecule has 0 saturated carbocycles. The Morgan fingerprint density at radius 2 is 1.02 bits per heavy atom. The third-order valence-corrected chi connectivity index (χ3v) is 8.11. The maximum atomic E-state index is 10.8. The first-order chi connectivity index (χ1) is 23.8. The molecule has 260 valence electrons.